The number of carbonyl (C=O) groups is 1. The first-order valence-corrected chi connectivity index (χ1v) is 9.17. The van der Waals surface area contributed by atoms with Gasteiger partial charge in [-0.2, -0.15) is 0 Å². The summed E-state index contributed by atoms with van der Waals surface area (Å²) in [6.07, 6.45) is 0. The predicted octanol–water partition coefficient (Wildman–Crippen LogP) is 4.06. The summed E-state index contributed by atoms with van der Waals surface area (Å²) >= 11 is 8.74. The molecule has 0 saturated carbocycles. The molecule has 0 saturated heterocycles. The van der Waals surface area contributed by atoms with E-state index in [1.54, 1.807) is 0 Å². The van der Waals surface area contributed by atoms with Crippen LogP contribution in [-0.4, -0.2) is 21.6 Å². The molecule has 0 atom stereocenters. The molecule has 4 nitrogen and oxygen atoms in total. The van der Waals surface area contributed by atoms with Crippen molar-refractivity contribution < 1.29 is 4.79 Å². The van der Waals surface area contributed by atoms with Gasteiger partial charge >= 0.3 is 0 Å². The van der Waals surface area contributed by atoms with Gasteiger partial charge in [0.1, 0.15) is 5.03 Å². The minimum absolute atomic E-state index is 0.0334. The number of halogens is 1. The average Bonchev–Trinajstić information content (AvgIpc) is 2.96. The summed E-state index contributed by atoms with van der Waals surface area (Å²) in [7, 11) is 0. The number of amides is 1. The van der Waals surface area contributed by atoms with Crippen molar-refractivity contribution in [2.75, 3.05) is 5.75 Å². The zero-order chi connectivity index (χ0) is 16.2. The molecule has 2 aromatic heterocycles. The van der Waals surface area contributed by atoms with E-state index in [0.717, 1.165) is 31.0 Å². The van der Waals surface area contributed by atoms with Crippen molar-refractivity contribution in [1.29, 1.82) is 0 Å². The Morgan fingerprint density at radius 1 is 1.22 bits per heavy atom. The Morgan fingerprint density at radius 3 is 2.65 bits per heavy atom. The fourth-order valence-corrected chi connectivity index (χ4v) is 3.84. The van der Waals surface area contributed by atoms with Gasteiger partial charge in [-0.1, -0.05) is 35.5 Å². The van der Waals surface area contributed by atoms with Gasteiger partial charge in [0, 0.05) is 4.88 Å². The zero-order valence-corrected chi connectivity index (χ0v) is 14.8. The lowest BCUT2D eigenvalue weighted by molar-refractivity contribution is -0.118. The highest BCUT2D eigenvalue weighted by molar-refractivity contribution is 7.99. The van der Waals surface area contributed by atoms with Crippen molar-refractivity contribution in [2.45, 2.75) is 18.5 Å². The highest BCUT2D eigenvalue weighted by Gasteiger charge is 2.09. The molecule has 3 rings (SSSR count). The molecular weight excluding hydrogens is 350 g/mol. The molecule has 1 amide bonds. The largest absolute Gasteiger partial charge is 0.350 e. The summed E-state index contributed by atoms with van der Waals surface area (Å²) in [4.78, 5) is 22.1. The number of thioether (sulfide) groups is 1. The number of benzene rings is 1. The van der Waals surface area contributed by atoms with Gasteiger partial charge in [-0.25, -0.2) is 9.97 Å². The smallest absolute Gasteiger partial charge is 0.230 e. The first-order chi connectivity index (χ1) is 11.1. The number of hydrogen-bond donors (Lipinski definition) is 1. The number of aromatic nitrogens is 2. The molecule has 0 spiro atoms. The Bertz CT molecular complexity index is 850. The summed E-state index contributed by atoms with van der Waals surface area (Å²) in [6, 6.07) is 11.5. The number of fused-ring (bicyclic) bond motifs is 1. The van der Waals surface area contributed by atoms with Crippen LogP contribution in [0.3, 0.4) is 0 Å². The van der Waals surface area contributed by atoms with Gasteiger partial charge < -0.3 is 5.32 Å². The van der Waals surface area contributed by atoms with Gasteiger partial charge in [-0.05, 0) is 31.2 Å². The molecule has 1 N–H and O–H groups in total. The molecule has 23 heavy (non-hydrogen) atoms. The van der Waals surface area contributed by atoms with E-state index in [4.69, 9.17) is 11.6 Å². The number of aryl methyl sites for hydroxylation is 1. The molecule has 0 aliphatic carbocycles. The molecular formula is C16H14ClN3OS2. The maximum absolute atomic E-state index is 12.0. The Kier molecular flexibility index (Phi) is 5.15. The summed E-state index contributed by atoms with van der Waals surface area (Å²) < 4.78 is 0.727. The van der Waals surface area contributed by atoms with E-state index in [1.165, 1.54) is 23.1 Å². The van der Waals surface area contributed by atoms with Crippen LogP contribution in [0.5, 0.6) is 0 Å². The number of para-hydroxylation sites is 2. The molecule has 0 radical (unpaired) electrons. The quantitative estimate of drug-likeness (QED) is 0.694. The molecule has 0 bridgehead atoms. The Hall–Kier alpha value is -1.63. The predicted molar refractivity (Wildman–Crippen MR) is 96.2 cm³/mol. The molecule has 3 aromatic rings. The van der Waals surface area contributed by atoms with Crippen molar-refractivity contribution in [3.05, 3.63) is 51.3 Å². The minimum Gasteiger partial charge on any atom is -0.350 e. The molecule has 2 heterocycles. The molecule has 1 aromatic carbocycles. The third-order valence-electron chi connectivity index (χ3n) is 3.13. The SMILES string of the molecule is Cc1nc2ccccc2nc1SCC(=O)NCc1ccc(Cl)s1. The zero-order valence-electron chi connectivity index (χ0n) is 12.4. The normalized spacial score (nSPS) is 10.9. The van der Waals surface area contributed by atoms with Crippen LogP contribution in [0.4, 0.5) is 0 Å². The number of nitrogens with zero attached hydrogens (tertiary/aromatic N) is 2. The molecule has 118 valence electrons. The molecule has 7 heteroatoms. The molecule has 0 fully saturated rings. The van der Waals surface area contributed by atoms with E-state index in [2.05, 4.69) is 15.3 Å². The van der Waals surface area contributed by atoms with Crippen molar-refractivity contribution in [3.63, 3.8) is 0 Å². The Labute approximate surface area is 147 Å². The standard InChI is InChI=1S/C16H14ClN3OS2/c1-10-16(20-13-5-3-2-4-12(13)19-10)22-9-15(21)18-8-11-6-7-14(17)23-11/h2-7H,8-9H2,1H3,(H,18,21). The van der Waals surface area contributed by atoms with E-state index < -0.39 is 0 Å². The Balaban J connectivity index is 1.59. The van der Waals surface area contributed by atoms with Gasteiger partial charge in [0.2, 0.25) is 5.91 Å². The lowest BCUT2D eigenvalue weighted by Crippen LogP contribution is -2.24. The third kappa shape index (κ3) is 4.22. The second-order valence-corrected chi connectivity index (χ2v) is 7.64. The maximum atomic E-state index is 12.0. The van der Waals surface area contributed by atoms with E-state index in [-0.39, 0.29) is 5.91 Å². The van der Waals surface area contributed by atoms with Crippen LogP contribution >= 0.6 is 34.7 Å². The van der Waals surface area contributed by atoms with Crippen molar-refractivity contribution in [3.8, 4) is 0 Å². The van der Waals surface area contributed by atoms with Crippen LogP contribution < -0.4 is 5.32 Å². The topological polar surface area (TPSA) is 54.9 Å². The minimum atomic E-state index is -0.0334. The monoisotopic (exact) mass is 363 g/mol. The fourth-order valence-electron chi connectivity index (χ4n) is 2.03. The fraction of sp³-hybridized carbons (Fsp3) is 0.188. The second-order valence-electron chi connectivity index (χ2n) is 4.87. The van der Waals surface area contributed by atoms with Gasteiger partial charge in [0.15, 0.2) is 0 Å². The molecule has 0 aliphatic rings. The summed E-state index contributed by atoms with van der Waals surface area (Å²) in [5.41, 5.74) is 2.55. The van der Waals surface area contributed by atoms with Crippen molar-refractivity contribution in [1.82, 2.24) is 15.3 Å². The van der Waals surface area contributed by atoms with Gasteiger partial charge in [-0.3, -0.25) is 4.79 Å². The number of hydrogen-bond acceptors (Lipinski definition) is 5. The van der Waals surface area contributed by atoms with Crippen LogP contribution in [0, 0.1) is 6.92 Å². The number of carbonyl (C=O) groups excluding carboxylic acids is 1. The van der Waals surface area contributed by atoms with Gasteiger partial charge in [0.05, 0.1) is 33.4 Å². The number of thiophene rings is 1. The number of nitrogens with one attached hydrogen (secondary N) is 1. The van der Waals surface area contributed by atoms with Crippen LogP contribution in [-0.2, 0) is 11.3 Å². The summed E-state index contributed by atoms with van der Waals surface area (Å²) in [5.74, 6) is 0.279. The maximum Gasteiger partial charge on any atom is 0.230 e. The van der Waals surface area contributed by atoms with Crippen molar-refractivity contribution >= 4 is 51.6 Å². The molecule has 0 unspecified atom stereocenters. The molecule has 0 aliphatic heterocycles. The summed E-state index contributed by atoms with van der Waals surface area (Å²) in [5, 5.41) is 3.67. The van der Waals surface area contributed by atoms with Crippen LogP contribution in [0.25, 0.3) is 11.0 Å². The van der Waals surface area contributed by atoms with Crippen LogP contribution in [0.2, 0.25) is 4.34 Å². The number of rotatable bonds is 5. The lowest BCUT2D eigenvalue weighted by atomic mass is 10.3. The van der Waals surface area contributed by atoms with E-state index in [1.807, 2.05) is 43.3 Å². The van der Waals surface area contributed by atoms with Crippen LogP contribution in [0.15, 0.2) is 41.4 Å². The second kappa shape index (κ2) is 7.29. The lowest BCUT2D eigenvalue weighted by Gasteiger charge is -2.06. The van der Waals surface area contributed by atoms with E-state index >= 15 is 0 Å². The average molecular weight is 364 g/mol. The van der Waals surface area contributed by atoms with E-state index in [0.29, 0.717) is 12.3 Å². The van der Waals surface area contributed by atoms with Gasteiger partial charge in [-0.15, -0.1) is 11.3 Å². The first-order valence-electron chi connectivity index (χ1n) is 6.99. The van der Waals surface area contributed by atoms with Gasteiger partial charge in [0.25, 0.3) is 0 Å². The Morgan fingerprint density at radius 2 is 1.96 bits per heavy atom. The van der Waals surface area contributed by atoms with Crippen LogP contribution in [0.1, 0.15) is 10.6 Å². The summed E-state index contributed by atoms with van der Waals surface area (Å²) in [6.45, 7) is 2.41. The first kappa shape index (κ1) is 16.2. The van der Waals surface area contributed by atoms with E-state index in [9.17, 15) is 4.79 Å². The van der Waals surface area contributed by atoms with Crippen molar-refractivity contribution in [2.24, 2.45) is 0 Å². The highest BCUT2D eigenvalue weighted by atomic mass is 35.5. The third-order valence-corrected chi connectivity index (χ3v) is 5.43. The highest BCUT2D eigenvalue weighted by Crippen LogP contribution is 2.22.